The number of hydrogen-bond donors (Lipinski definition) is 1. The first-order valence-electron chi connectivity index (χ1n) is 7.15. The summed E-state index contributed by atoms with van der Waals surface area (Å²) in [6.45, 7) is 0.957. The number of thioether (sulfide) groups is 1. The van der Waals surface area contributed by atoms with Gasteiger partial charge in [-0.1, -0.05) is 18.2 Å². The third-order valence-corrected chi connectivity index (χ3v) is 3.65. The molecule has 1 N–H and O–H groups in total. The molecule has 2 aromatic rings. The van der Waals surface area contributed by atoms with E-state index in [1.54, 1.807) is 18.0 Å². The van der Waals surface area contributed by atoms with Crippen LogP contribution >= 0.6 is 11.8 Å². The van der Waals surface area contributed by atoms with Gasteiger partial charge < -0.3 is 10.1 Å². The minimum Gasteiger partial charge on any atom is -0.487 e. The van der Waals surface area contributed by atoms with E-state index in [9.17, 15) is 4.79 Å². The minimum atomic E-state index is 0.0779. The summed E-state index contributed by atoms with van der Waals surface area (Å²) in [6.07, 6.45) is 4.30. The third-order valence-electron chi connectivity index (χ3n) is 3.03. The summed E-state index contributed by atoms with van der Waals surface area (Å²) in [5, 5.41) is 2.91. The lowest BCUT2D eigenvalue weighted by Crippen LogP contribution is -2.22. The number of aromatic nitrogens is 1. The molecule has 0 fully saturated rings. The van der Waals surface area contributed by atoms with Crippen LogP contribution in [0.3, 0.4) is 0 Å². The number of benzene rings is 1. The van der Waals surface area contributed by atoms with Crippen LogP contribution in [0.1, 0.15) is 17.7 Å². The Hall–Kier alpha value is -2.01. The molecule has 0 aliphatic carbocycles. The van der Waals surface area contributed by atoms with E-state index < -0.39 is 0 Å². The van der Waals surface area contributed by atoms with Gasteiger partial charge in [0.2, 0.25) is 5.91 Å². The van der Waals surface area contributed by atoms with Crippen LogP contribution in [0.5, 0.6) is 5.75 Å². The fourth-order valence-corrected chi connectivity index (χ4v) is 2.26. The molecule has 22 heavy (non-hydrogen) atoms. The van der Waals surface area contributed by atoms with E-state index in [0.29, 0.717) is 19.6 Å². The van der Waals surface area contributed by atoms with E-state index in [1.807, 2.05) is 48.7 Å². The summed E-state index contributed by atoms with van der Waals surface area (Å²) in [6, 6.07) is 13.5. The number of ether oxygens (including phenoxy) is 1. The molecule has 1 aromatic carbocycles. The minimum absolute atomic E-state index is 0.0779. The molecule has 0 radical (unpaired) electrons. The van der Waals surface area contributed by atoms with E-state index in [4.69, 9.17) is 4.74 Å². The highest BCUT2D eigenvalue weighted by atomic mass is 32.2. The van der Waals surface area contributed by atoms with Crippen LogP contribution in [0.2, 0.25) is 0 Å². The molecule has 1 aromatic heterocycles. The van der Waals surface area contributed by atoms with Crippen molar-refractivity contribution < 1.29 is 9.53 Å². The lowest BCUT2D eigenvalue weighted by atomic mass is 10.2. The van der Waals surface area contributed by atoms with E-state index in [2.05, 4.69) is 10.3 Å². The Morgan fingerprint density at radius 1 is 1.27 bits per heavy atom. The monoisotopic (exact) mass is 316 g/mol. The second-order valence-electron chi connectivity index (χ2n) is 4.78. The van der Waals surface area contributed by atoms with Crippen LogP contribution in [-0.4, -0.2) is 22.9 Å². The van der Waals surface area contributed by atoms with Crippen LogP contribution in [0, 0.1) is 0 Å². The average Bonchev–Trinajstić information content (AvgIpc) is 2.57. The van der Waals surface area contributed by atoms with Gasteiger partial charge in [0.25, 0.3) is 0 Å². The molecule has 0 atom stereocenters. The highest BCUT2D eigenvalue weighted by Gasteiger charge is 2.02. The predicted molar refractivity (Wildman–Crippen MR) is 89.9 cm³/mol. The van der Waals surface area contributed by atoms with Gasteiger partial charge in [-0.3, -0.25) is 9.78 Å². The van der Waals surface area contributed by atoms with E-state index in [0.717, 1.165) is 22.8 Å². The number of rotatable bonds is 8. The normalized spacial score (nSPS) is 10.2. The number of hydrogen-bond acceptors (Lipinski definition) is 4. The van der Waals surface area contributed by atoms with Crippen LogP contribution in [-0.2, 0) is 17.9 Å². The first-order valence-corrected chi connectivity index (χ1v) is 8.54. The Morgan fingerprint density at radius 2 is 2.18 bits per heavy atom. The zero-order valence-electron chi connectivity index (χ0n) is 12.6. The van der Waals surface area contributed by atoms with Gasteiger partial charge in [-0.15, -0.1) is 0 Å². The highest BCUT2D eigenvalue weighted by molar-refractivity contribution is 7.98. The van der Waals surface area contributed by atoms with Crippen molar-refractivity contribution in [2.24, 2.45) is 0 Å². The van der Waals surface area contributed by atoms with E-state index in [-0.39, 0.29) is 5.91 Å². The zero-order valence-corrected chi connectivity index (χ0v) is 13.4. The molecule has 0 aliphatic rings. The molecule has 0 saturated heterocycles. The van der Waals surface area contributed by atoms with Gasteiger partial charge in [-0.2, -0.15) is 11.8 Å². The zero-order chi connectivity index (χ0) is 15.6. The molecule has 1 amide bonds. The molecule has 0 aliphatic heterocycles. The molecular formula is C17H20N2O2S. The van der Waals surface area contributed by atoms with Gasteiger partial charge in [0.05, 0.1) is 5.69 Å². The van der Waals surface area contributed by atoms with Gasteiger partial charge in [0.1, 0.15) is 12.4 Å². The fourth-order valence-electron chi connectivity index (χ4n) is 1.87. The molecule has 4 nitrogen and oxygen atoms in total. The van der Waals surface area contributed by atoms with E-state index in [1.165, 1.54) is 0 Å². The molecule has 0 saturated carbocycles. The Bertz CT molecular complexity index is 590. The van der Waals surface area contributed by atoms with Gasteiger partial charge in [0, 0.05) is 24.9 Å². The standard InChI is InChI=1S/C17H20N2O2S/c1-22-10-8-17(20)19-12-14-5-4-7-16(11-14)21-13-15-6-2-3-9-18-15/h2-7,9,11H,8,10,12-13H2,1H3,(H,19,20). The summed E-state index contributed by atoms with van der Waals surface area (Å²) < 4.78 is 5.73. The number of amides is 1. The molecule has 116 valence electrons. The van der Waals surface area contributed by atoms with Crippen LogP contribution in [0.25, 0.3) is 0 Å². The maximum Gasteiger partial charge on any atom is 0.221 e. The van der Waals surface area contributed by atoms with Gasteiger partial charge in [-0.05, 0) is 36.1 Å². The molecule has 5 heteroatoms. The van der Waals surface area contributed by atoms with Crippen LogP contribution in [0.15, 0.2) is 48.7 Å². The van der Waals surface area contributed by atoms with Crippen molar-refractivity contribution in [3.8, 4) is 5.75 Å². The Morgan fingerprint density at radius 3 is 2.95 bits per heavy atom. The molecule has 0 bridgehead atoms. The van der Waals surface area contributed by atoms with E-state index >= 15 is 0 Å². The van der Waals surface area contributed by atoms with Crippen molar-refractivity contribution >= 4 is 17.7 Å². The number of carbonyl (C=O) groups excluding carboxylic acids is 1. The van der Waals surface area contributed by atoms with Crippen molar-refractivity contribution in [3.63, 3.8) is 0 Å². The Labute approximate surface area is 135 Å². The van der Waals surface area contributed by atoms with Crippen molar-refractivity contribution in [1.82, 2.24) is 10.3 Å². The van der Waals surface area contributed by atoms with Crippen molar-refractivity contribution in [2.45, 2.75) is 19.6 Å². The number of nitrogens with one attached hydrogen (secondary N) is 1. The lowest BCUT2D eigenvalue weighted by molar-refractivity contribution is -0.120. The van der Waals surface area contributed by atoms with Gasteiger partial charge in [0.15, 0.2) is 0 Å². The molecule has 0 unspecified atom stereocenters. The maximum atomic E-state index is 11.6. The summed E-state index contributed by atoms with van der Waals surface area (Å²) in [5.74, 6) is 1.70. The van der Waals surface area contributed by atoms with Gasteiger partial charge >= 0.3 is 0 Å². The molecule has 0 spiro atoms. The first-order chi connectivity index (χ1) is 10.8. The number of carbonyl (C=O) groups is 1. The summed E-state index contributed by atoms with van der Waals surface area (Å²) in [5.41, 5.74) is 1.91. The Balaban J connectivity index is 1.83. The second kappa shape index (κ2) is 9.10. The molecular weight excluding hydrogens is 296 g/mol. The smallest absolute Gasteiger partial charge is 0.221 e. The lowest BCUT2D eigenvalue weighted by Gasteiger charge is -2.09. The molecule has 2 rings (SSSR count). The summed E-state index contributed by atoms with van der Waals surface area (Å²) >= 11 is 1.67. The largest absolute Gasteiger partial charge is 0.487 e. The predicted octanol–water partition coefficient (Wildman–Crippen LogP) is 3.03. The fraction of sp³-hybridized carbons (Fsp3) is 0.294. The second-order valence-corrected chi connectivity index (χ2v) is 5.76. The average molecular weight is 316 g/mol. The van der Waals surface area contributed by atoms with Crippen molar-refractivity contribution in [1.29, 1.82) is 0 Å². The van der Waals surface area contributed by atoms with Crippen molar-refractivity contribution in [3.05, 3.63) is 59.9 Å². The SMILES string of the molecule is CSCCC(=O)NCc1cccc(OCc2ccccn2)c1. The summed E-state index contributed by atoms with van der Waals surface area (Å²) in [4.78, 5) is 15.8. The number of pyridine rings is 1. The topological polar surface area (TPSA) is 51.2 Å². The Kier molecular flexibility index (Phi) is 6.77. The summed E-state index contributed by atoms with van der Waals surface area (Å²) in [7, 11) is 0. The molecule has 1 heterocycles. The van der Waals surface area contributed by atoms with Crippen molar-refractivity contribution in [2.75, 3.05) is 12.0 Å². The highest BCUT2D eigenvalue weighted by Crippen LogP contribution is 2.14. The third kappa shape index (κ3) is 5.77. The van der Waals surface area contributed by atoms with Crippen LogP contribution in [0.4, 0.5) is 0 Å². The maximum absolute atomic E-state index is 11.6. The van der Waals surface area contributed by atoms with Crippen LogP contribution < -0.4 is 10.1 Å². The van der Waals surface area contributed by atoms with Gasteiger partial charge in [-0.25, -0.2) is 0 Å². The first kappa shape index (κ1) is 16.4. The quantitative estimate of drug-likeness (QED) is 0.813. The number of nitrogens with zero attached hydrogens (tertiary/aromatic N) is 1.